The topological polar surface area (TPSA) is 0 Å². The Morgan fingerprint density at radius 2 is 1.00 bits per heavy atom. The van der Waals surface area contributed by atoms with Gasteiger partial charge in [-0.25, -0.2) is 0 Å². The third kappa shape index (κ3) is 31.5. The summed E-state index contributed by atoms with van der Waals surface area (Å²) in [5, 5.41) is 6.97. The summed E-state index contributed by atoms with van der Waals surface area (Å²) in [6, 6.07) is 0. The summed E-state index contributed by atoms with van der Waals surface area (Å²) in [7, 11) is 0. The molecule has 0 aromatic heterocycles. The van der Waals surface area contributed by atoms with Crippen molar-refractivity contribution >= 4 is 24.0 Å². The molecule has 2 heteroatoms. The molecule has 0 aromatic rings. The van der Waals surface area contributed by atoms with Crippen LogP contribution in [0.4, 0.5) is 0 Å². The van der Waals surface area contributed by atoms with Gasteiger partial charge in [0.2, 0.25) is 0 Å². The number of hydrogen-bond acceptors (Lipinski definition) is 0. The van der Waals surface area contributed by atoms with E-state index in [-0.39, 0.29) is 41.3 Å². The fourth-order valence-corrected chi connectivity index (χ4v) is 0. The molecule has 5 heavy (non-hydrogen) atoms. The van der Waals surface area contributed by atoms with E-state index < -0.39 is 0 Å². The molecule has 0 aliphatic rings. The van der Waals surface area contributed by atoms with E-state index >= 15 is 0 Å². The first-order valence-electron chi connectivity index (χ1n) is 0.949. The Kier molecular flexibility index (Phi) is 10.5. The van der Waals surface area contributed by atoms with Crippen LogP contribution < -0.4 is 0 Å². The standard InChI is InChI=1S/3CH3.HI.Pt/h3*1H3;1H;. The van der Waals surface area contributed by atoms with Gasteiger partial charge in [0.25, 0.3) is 0 Å². The Morgan fingerprint density at radius 1 is 1.00 bits per heavy atom. The zero-order chi connectivity index (χ0) is 3.58. The molecular weight excluding hydrogens is 358 g/mol. The van der Waals surface area contributed by atoms with Crippen LogP contribution in [0.5, 0.6) is 0 Å². The SMILES string of the molecule is I.[CH3][Pt]([CH3])[CH3]. The maximum absolute atomic E-state index is 2.32. The van der Waals surface area contributed by atoms with Gasteiger partial charge in [0.1, 0.15) is 0 Å². The third-order valence-corrected chi connectivity index (χ3v) is 0. The summed E-state index contributed by atoms with van der Waals surface area (Å²) in [6.07, 6.45) is 0. The zero-order valence-corrected chi connectivity index (χ0v) is 8.33. The van der Waals surface area contributed by atoms with E-state index in [1.165, 1.54) is 0 Å². The molecule has 0 amide bonds. The molecule has 0 saturated heterocycles. The van der Waals surface area contributed by atoms with Crippen molar-refractivity contribution in [3.05, 3.63) is 0 Å². The van der Waals surface area contributed by atoms with Gasteiger partial charge in [-0.15, -0.1) is 24.0 Å². The first kappa shape index (κ1) is 9.65. The second-order valence-corrected chi connectivity index (χ2v) is 7.77. The average molecular weight is 368 g/mol. The van der Waals surface area contributed by atoms with Crippen LogP contribution in [0.1, 0.15) is 0 Å². The van der Waals surface area contributed by atoms with Crippen molar-refractivity contribution in [3.8, 4) is 0 Å². The summed E-state index contributed by atoms with van der Waals surface area (Å²) in [4.78, 5) is 0. The molecule has 0 rings (SSSR count). The Labute approximate surface area is 56.9 Å². The van der Waals surface area contributed by atoms with E-state index in [2.05, 4.69) is 15.9 Å². The van der Waals surface area contributed by atoms with E-state index in [1.807, 2.05) is 0 Å². The van der Waals surface area contributed by atoms with E-state index in [4.69, 9.17) is 0 Å². The molecule has 0 radical (unpaired) electrons. The van der Waals surface area contributed by atoms with Crippen molar-refractivity contribution in [2.75, 3.05) is 0 Å². The number of halogens is 1. The monoisotopic (exact) mass is 368 g/mol. The van der Waals surface area contributed by atoms with Gasteiger partial charge in [0.05, 0.1) is 0 Å². The molecule has 0 unspecified atom stereocenters. The number of hydrogen-bond donors (Lipinski definition) is 0. The average Bonchev–Trinajstić information content (AvgIpc) is 0.811. The second kappa shape index (κ2) is 5.42. The molecule has 0 fully saturated rings. The predicted octanol–water partition coefficient (Wildman–Crippen LogP) is 2.37. The van der Waals surface area contributed by atoms with Crippen LogP contribution in [-0.2, 0) is 17.3 Å². The second-order valence-electron chi connectivity index (χ2n) is 0.949. The van der Waals surface area contributed by atoms with Crippen LogP contribution in [0.25, 0.3) is 0 Å². The first-order chi connectivity index (χ1) is 1.73. The van der Waals surface area contributed by atoms with Crippen LogP contribution in [-0.4, -0.2) is 0 Å². The maximum atomic E-state index is 2.32. The van der Waals surface area contributed by atoms with Crippen molar-refractivity contribution in [1.29, 1.82) is 0 Å². The van der Waals surface area contributed by atoms with Crippen molar-refractivity contribution in [3.63, 3.8) is 0 Å². The summed E-state index contributed by atoms with van der Waals surface area (Å²) in [5.74, 6) is 0. The first-order valence-corrected chi connectivity index (χ1v) is 7.77. The minimum absolute atomic E-state index is 0. The minimum atomic E-state index is -0.269. The van der Waals surface area contributed by atoms with Crippen molar-refractivity contribution < 1.29 is 17.3 Å². The van der Waals surface area contributed by atoms with Crippen LogP contribution in [0.2, 0.25) is 15.9 Å². The molecule has 0 spiro atoms. The summed E-state index contributed by atoms with van der Waals surface area (Å²) < 4.78 is 0. The van der Waals surface area contributed by atoms with Gasteiger partial charge in [-0.3, -0.25) is 0 Å². The van der Waals surface area contributed by atoms with E-state index in [0.29, 0.717) is 0 Å². The van der Waals surface area contributed by atoms with Gasteiger partial charge in [-0.2, -0.15) is 0 Å². The molecule has 0 atom stereocenters. The molecule has 0 aliphatic carbocycles. The fraction of sp³-hybridized carbons (Fsp3) is 1.00. The molecule has 0 aliphatic heterocycles. The molecular formula is C3H10IPt. The van der Waals surface area contributed by atoms with Gasteiger partial charge in [-0.05, 0) is 0 Å². The molecule has 39 valence electrons. The van der Waals surface area contributed by atoms with E-state index in [9.17, 15) is 0 Å². The van der Waals surface area contributed by atoms with Crippen LogP contribution in [0.15, 0.2) is 0 Å². The van der Waals surface area contributed by atoms with Gasteiger partial charge < -0.3 is 0 Å². The normalized spacial score (nSPS) is 9.00. The fourth-order valence-electron chi connectivity index (χ4n) is 0. The van der Waals surface area contributed by atoms with Crippen LogP contribution in [0.3, 0.4) is 0 Å². The summed E-state index contributed by atoms with van der Waals surface area (Å²) in [5.41, 5.74) is 0. The molecule has 0 heterocycles. The van der Waals surface area contributed by atoms with Gasteiger partial charge in [0, 0.05) is 0 Å². The molecule has 0 N–H and O–H groups in total. The van der Waals surface area contributed by atoms with Gasteiger partial charge >= 0.3 is 33.3 Å². The molecule has 0 nitrogen and oxygen atoms in total. The van der Waals surface area contributed by atoms with Crippen molar-refractivity contribution in [1.82, 2.24) is 0 Å². The summed E-state index contributed by atoms with van der Waals surface area (Å²) in [6.45, 7) is 0. The molecule has 0 bridgehead atoms. The quantitative estimate of drug-likeness (QED) is 0.576. The van der Waals surface area contributed by atoms with Gasteiger partial charge in [-0.1, -0.05) is 0 Å². The molecule has 0 aromatic carbocycles. The van der Waals surface area contributed by atoms with Crippen molar-refractivity contribution in [2.45, 2.75) is 15.9 Å². The Balaban J connectivity index is 0. The van der Waals surface area contributed by atoms with Crippen LogP contribution >= 0.6 is 24.0 Å². The van der Waals surface area contributed by atoms with E-state index in [0.717, 1.165) is 0 Å². The predicted molar refractivity (Wildman–Crippen MR) is 33.0 cm³/mol. The Hall–Kier alpha value is 1.42. The summed E-state index contributed by atoms with van der Waals surface area (Å²) >= 11 is -0.269. The third-order valence-electron chi connectivity index (χ3n) is 0. The van der Waals surface area contributed by atoms with Crippen molar-refractivity contribution in [2.24, 2.45) is 0 Å². The van der Waals surface area contributed by atoms with E-state index in [1.54, 1.807) is 0 Å². The zero-order valence-electron chi connectivity index (χ0n) is 3.72. The van der Waals surface area contributed by atoms with Gasteiger partial charge in [0.15, 0.2) is 0 Å². The Morgan fingerprint density at radius 3 is 1.00 bits per heavy atom. The number of rotatable bonds is 0. The Bertz CT molecular complexity index is 11.6. The van der Waals surface area contributed by atoms with Crippen LogP contribution in [0, 0.1) is 0 Å². The molecule has 0 saturated carbocycles.